The van der Waals surface area contributed by atoms with Crippen molar-refractivity contribution < 1.29 is 139 Å². The lowest BCUT2D eigenvalue weighted by atomic mass is 9.95. The van der Waals surface area contributed by atoms with E-state index in [1.54, 1.807) is 48.5 Å². The average Bonchev–Trinajstić information content (AvgIpc) is 3.46. The van der Waals surface area contributed by atoms with Crippen LogP contribution in [0.5, 0.6) is 18.0 Å². The molecule has 0 spiro atoms. The Morgan fingerprint density at radius 3 is 0.936 bits per heavy atom. The van der Waals surface area contributed by atoms with Crippen molar-refractivity contribution >= 4 is 0 Å². The van der Waals surface area contributed by atoms with Crippen LogP contribution >= 0.6 is 0 Å². The summed E-state index contributed by atoms with van der Waals surface area (Å²) in [6, 6.07) is 17.1. The van der Waals surface area contributed by atoms with Crippen LogP contribution in [0.15, 0.2) is 60.7 Å². The van der Waals surface area contributed by atoms with E-state index < -0.39 is 193 Å². The fourth-order valence-electron chi connectivity index (χ4n) is 9.17. The summed E-state index contributed by atoms with van der Waals surface area (Å²) in [5.41, 5.74) is 1.53. The van der Waals surface area contributed by atoms with Crippen LogP contribution in [0.3, 0.4) is 0 Å². The molecular formula is C47H65N3O28. The number of aromatic nitrogens is 3. The van der Waals surface area contributed by atoms with E-state index in [0.29, 0.717) is 0 Å². The Hall–Kier alpha value is -4.15. The number of ether oxygens (including phenoxy) is 12. The van der Waals surface area contributed by atoms with Crippen LogP contribution < -0.4 is 14.2 Å². The maximum absolute atomic E-state index is 11.4. The van der Waals surface area contributed by atoms with E-state index in [0.717, 1.165) is 11.1 Å². The third-order valence-electron chi connectivity index (χ3n) is 13.5. The van der Waals surface area contributed by atoms with E-state index in [1.807, 2.05) is 12.1 Å². The van der Waals surface area contributed by atoms with Gasteiger partial charge in [-0.1, -0.05) is 60.7 Å². The maximum atomic E-state index is 11.4. The van der Waals surface area contributed by atoms with Gasteiger partial charge in [0, 0.05) is 0 Å². The molecule has 5 fully saturated rings. The summed E-state index contributed by atoms with van der Waals surface area (Å²) in [5, 5.41) is 171. The normalized spacial score (nSPS) is 41.3. The lowest BCUT2D eigenvalue weighted by Crippen LogP contribution is -2.68. The van der Waals surface area contributed by atoms with Gasteiger partial charge < -0.3 is 139 Å². The second-order valence-electron chi connectivity index (χ2n) is 18.8. The van der Waals surface area contributed by atoms with E-state index in [9.17, 15) is 81.7 Å². The molecule has 78 heavy (non-hydrogen) atoms. The zero-order valence-corrected chi connectivity index (χ0v) is 41.1. The first kappa shape index (κ1) is 60.0. The molecule has 0 bridgehead atoms. The maximum Gasteiger partial charge on any atom is 0.328 e. The Labute approximate surface area is 442 Å². The molecule has 5 saturated heterocycles. The van der Waals surface area contributed by atoms with Crippen molar-refractivity contribution in [3.8, 4) is 18.0 Å². The smallest absolute Gasteiger partial charge is 0.328 e. The van der Waals surface area contributed by atoms with E-state index >= 15 is 0 Å². The molecule has 2 aromatic carbocycles. The SMILES string of the molecule is OC[C@H]1O[C@H](O[C@H]2[C@H](O)[C@@H](O)[C@@H](O[C@H]3[C@H](O)[C@@H](O)[C@@H](O[C@H]4[C@H](O)[C@@H](O)[C@@H](O[C@H]5[C@H](O)[C@@H](O)[C@H](Oc6nc(OCc7ccccc7)nc(OCc7ccccc7)n6)O[C@@H]5CO)O[C@@H]4CO)O[C@@H]3CO)O[C@@H]2CO)[C@H](O)[C@@H](O)[C@@H]1O. The fourth-order valence-corrected chi connectivity index (χ4v) is 9.17. The molecule has 0 saturated carbocycles. The Balaban J connectivity index is 0.881. The van der Waals surface area contributed by atoms with Crippen LogP contribution in [0.25, 0.3) is 0 Å². The van der Waals surface area contributed by atoms with Gasteiger partial charge in [-0.3, -0.25) is 0 Å². The quantitative estimate of drug-likeness (QED) is 0.0471. The molecule has 25 atom stereocenters. The van der Waals surface area contributed by atoms with Crippen molar-refractivity contribution in [2.45, 2.75) is 167 Å². The monoisotopic (exact) mass is 1120 g/mol. The number of nitrogens with zero attached hydrogens (tertiary/aromatic N) is 3. The van der Waals surface area contributed by atoms with Crippen LogP contribution in [0.2, 0.25) is 0 Å². The van der Waals surface area contributed by atoms with Gasteiger partial charge in [-0.15, -0.1) is 15.0 Å². The van der Waals surface area contributed by atoms with Gasteiger partial charge in [0.25, 0.3) is 0 Å². The number of hydrogen-bond acceptors (Lipinski definition) is 31. The average molecular weight is 1120 g/mol. The molecular weight excluding hydrogens is 1050 g/mol. The topological polar surface area (TPSA) is 473 Å². The zero-order valence-electron chi connectivity index (χ0n) is 41.1. The fraction of sp³-hybridized carbons (Fsp3) is 0.681. The van der Waals surface area contributed by atoms with Gasteiger partial charge in [-0.2, -0.15) is 0 Å². The molecule has 6 heterocycles. The first-order chi connectivity index (χ1) is 37.5. The summed E-state index contributed by atoms with van der Waals surface area (Å²) in [6.07, 6.45) is -46.9. The summed E-state index contributed by atoms with van der Waals surface area (Å²) in [4.78, 5) is 12.5. The highest BCUT2D eigenvalue weighted by Crippen LogP contribution is 2.36. The van der Waals surface area contributed by atoms with Crippen molar-refractivity contribution in [3.05, 3.63) is 71.8 Å². The van der Waals surface area contributed by atoms with Crippen LogP contribution in [-0.2, 0) is 55.8 Å². The highest BCUT2D eigenvalue weighted by molar-refractivity contribution is 5.17. The van der Waals surface area contributed by atoms with Crippen molar-refractivity contribution in [1.82, 2.24) is 15.0 Å². The molecule has 436 valence electrons. The first-order valence-electron chi connectivity index (χ1n) is 24.7. The molecule has 5 aliphatic heterocycles. The molecule has 0 amide bonds. The number of benzene rings is 2. The molecule has 0 unspecified atom stereocenters. The molecule has 5 aliphatic rings. The molecule has 3 aromatic rings. The summed E-state index contributed by atoms with van der Waals surface area (Å²) in [6.45, 7) is -4.63. The van der Waals surface area contributed by atoms with Crippen LogP contribution in [-0.4, -0.2) is 283 Å². The van der Waals surface area contributed by atoms with Gasteiger partial charge in [-0.05, 0) is 11.1 Å². The minimum Gasteiger partial charge on any atom is -0.458 e. The van der Waals surface area contributed by atoms with Gasteiger partial charge in [0.15, 0.2) is 25.2 Å². The van der Waals surface area contributed by atoms with Gasteiger partial charge in [0.1, 0.15) is 135 Å². The summed E-state index contributed by atoms with van der Waals surface area (Å²) in [7, 11) is 0. The molecule has 8 rings (SSSR count). The first-order valence-corrected chi connectivity index (χ1v) is 24.7. The lowest BCUT2D eigenvalue weighted by molar-refractivity contribution is -0.392. The van der Waals surface area contributed by atoms with Crippen LogP contribution in [0, 0.1) is 0 Å². The number of aliphatic hydroxyl groups excluding tert-OH is 16. The van der Waals surface area contributed by atoms with Gasteiger partial charge in [-0.25, -0.2) is 0 Å². The molecule has 1 aromatic heterocycles. The number of aliphatic hydroxyl groups is 16. The molecule has 31 heteroatoms. The van der Waals surface area contributed by atoms with Crippen LogP contribution in [0.1, 0.15) is 11.1 Å². The van der Waals surface area contributed by atoms with E-state index in [1.165, 1.54) is 0 Å². The summed E-state index contributed by atoms with van der Waals surface area (Å²) in [5.74, 6) is 0. The number of rotatable bonds is 21. The van der Waals surface area contributed by atoms with Gasteiger partial charge in [0.2, 0.25) is 6.29 Å². The Morgan fingerprint density at radius 1 is 0.321 bits per heavy atom. The predicted octanol–water partition coefficient (Wildman–Crippen LogP) is -8.49. The number of hydrogen-bond donors (Lipinski definition) is 16. The largest absolute Gasteiger partial charge is 0.458 e. The third-order valence-corrected chi connectivity index (χ3v) is 13.5. The molecule has 16 N–H and O–H groups in total. The van der Waals surface area contributed by atoms with Crippen molar-refractivity contribution in [3.63, 3.8) is 0 Å². The molecule has 0 radical (unpaired) electrons. The summed E-state index contributed by atoms with van der Waals surface area (Å²) < 4.78 is 68.1. The molecule has 0 aliphatic carbocycles. The van der Waals surface area contributed by atoms with Gasteiger partial charge >= 0.3 is 18.0 Å². The van der Waals surface area contributed by atoms with Crippen molar-refractivity contribution in [2.24, 2.45) is 0 Å². The highest BCUT2D eigenvalue weighted by atomic mass is 16.8. The Bertz CT molecular complexity index is 2220. The minimum atomic E-state index is -2.16. The third kappa shape index (κ3) is 13.4. The van der Waals surface area contributed by atoms with Crippen molar-refractivity contribution in [2.75, 3.05) is 33.0 Å². The Morgan fingerprint density at radius 2 is 0.603 bits per heavy atom. The highest BCUT2D eigenvalue weighted by Gasteiger charge is 2.56. The Kier molecular flexibility index (Phi) is 20.8. The van der Waals surface area contributed by atoms with Crippen molar-refractivity contribution in [1.29, 1.82) is 0 Å². The zero-order chi connectivity index (χ0) is 55.9. The van der Waals surface area contributed by atoms with Crippen LogP contribution in [0.4, 0.5) is 0 Å². The lowest BCUT2D eigenvalue weighted by Gasteiger charge is -2.49. The second kappa shape index (κ2) is 27.1. The predicted molar refractivity (Wildman–Crippen MR) is 246 cm³/mol. The summed E-state index contributed by atoms with van der Waals surface area (Å²) >= 11 is 0. The van der Waals surface area contributed by atoms with E-state index in [-0.39, 0.29) is 25.2 Å². The molecule has 31 nitrogen and oxygen atoms in total. The van der Waals surface area contributed by atoms with E-state index in [4.69, 9.17) is 56.8 Å². The van der Waals surface area contributed by atoms with Gasteiger partial charge in [0.05, 0.1) is 33.0 Å². The minimum absolute atomic E-state index is 0.0238. The second-order valence-corrected chi connectivity index (χ2v) is 18.8. The standard InChI is InChI=1S/C47H65N3O28/c51-11-20-25(56)26(57)31(62)40(69-20)74-36-21(12-52)70-41(32(63)27(36)58)75-37-22(13-53)71-42(33(64)28(37)59)76-38-23(14-54)72-43(34(65)29(38)60)77-39-24(15-55)73-44(35(66)30(39)61)78-47-49-45(67-16-18-7-3-1-4-8-18)48-46(50-47)68-17-19-9-5-2-6-10-19/h1-10,20-44,51-66H,11-17H2/t20-,21-,22-,23-,24-,25-,26+,27-,28-,29-,30-,31-,32-,33-,34-,35-,36-,37-,38-,39-,40-,41-,42-,43-,44+/m1/s1. The van der Waals surface area contributed by atoms with E-state index in [2.05, 4.69) is 15.0 Å².